The molecule has 0 aromatic heterocycles. The van der Waals surface area contributed by atoms with Gasteiger partial charge >= 0.3 is 0 Å². The SMILES string of the molecule is CC(=O)Nc1c(Cl)cc(C#N)cc1Cl. The maximum absolute atomic E-state index is 10.8. The highest BCUT2D eigenvalue weighted by Gasteiger charge is 2.08. The van der Waals surface area contributed by atoms with Gasteiger partial charge in [0, 0.05) is 6.92 Å². The molecule has 1 N–H and O–H groups in total. The highest BCUT2D eigenvalue weighted by Crippen LogP contribution is 2.31. The van der Waals surface area contributed by atoms with Gasteiger partial charge in [-0.1, -0.05) is 23.2 Å². The Bertz CT molecular complexity index is 400. The molecule has 3 nitrogen and oxygen atoms in total. The zero-order chi connectivity index (χ0) is 10.7. The van der Waals surface area contributed by atoms with Crippen molar-refractivity contribution in [1.29, 1.82) is 5.26 Å². The highest BCUT2D eigenvalue weighted by molar-refractivity contribution is 6.39. The Kier molecular flexibility index (Phi) is 3.34. The van der Waals surface area contributed by atoms with Crippen LogP contribution in [0.25, 0.3) is 0 Å². The van der Waals surface area contributed by atoms with Gasteiger partial charge in [0.05, 0.1) is 27.4 Å². The number of anilines is 1. The smallest absolute Gasteiger partial charge is 0.221 e. The van der Waals surface area contributed by atoms with E-state index in [0.717, 1.165) is 0 Å². The average Bonchev–Trinajstić information content (AvgIpc) is 2.10. The van der Waals surface area contributed by atoms with E-state index in [1.165, 1.54) is 19.1 Å². The van der Waals surface area contributed by atoms with Crippen LogP contribution >= 0.6 is 23.2 Å². The van der Waals surface area contributed by atoms with Gasteiger partial charge in [-0.05, 0) is 12.1 Å². The number of nitriles is 1. The zero-order valence-electron chi connectivity index (χ0n) is 7.27. The van der Waals surface area contributed by atoms with Gasteiger partial charge in [-0.3, -0.25) is 4.79 Å². The van der Waals surface area contributed by atoms with Crippen LogP contribution in [0.15, 0.2) is 12.1 Å². The molecule has 1 aromatic rings. The number of nitrogens with one attached hydrogen (secondary N) is 1. The Morgan fingerprint density at radius 3 is 2.29 bits per heavy atom. The number of benzene rings is 1. The van der Waals surface area contributed by atoms with Crippen LogP contribution in [0.5, 0.6) is 0 Å². The minimum atomic E-state index is -0.265. The topological polar surface area (TPSA) is 52.9 Å². The summed E-state index contributed by atoms with van der Waals surface area (Å²) < 4.78 is 0. The van der Waals surface area contributed by atoms with Crippen molar-refractivity contribution in [2.75, 3.05) is 5.32 Å². The van der Waals surface area contributed by atoms with Gasteiger partial charge in [0.15, 0.2) is 0 Å². The molecule has 5 heteroatoms. The maximum atomic E-state index is 10.8. The molecule has 0 aliphatic carbocycles. The molecule has 0 aliphatic rings. The molecule has 0 heterocycles. The van der Waals surface area contributed by atoms with Gasteiger partial charge in [-0.25, -0.2) is 0 Å². The van der Waals surface area contributed by atoms with Crippen LogP contribution in [0, 0.1) is 11.3 Å². The van der Waals surface area contributed by atoms with E-state index in [4.69, 9.17) is 28.5 Å². The van der Waals surface area contributed by atoms with E-state index in [1.807, 2.05) is 6.07 Å². The molecule has 0 spiro atoms. The van der Waals surface area contributed by atoms with Gasteiger partial charge in [-0.15, -0.1) is 0 Å². The second-order valence-corrected chi connectivity index (χ2v) is 3.42. The third kappa shape index (κ3) is 2.38. The molecule has 0 bridgehead atoms. The quantitative estimate of drug-likeness (QED) is 0.804. The fourth-order valence-electron chi connectivity index (χ4n) is 0.933. The largest absolute Gasteiger partial charge is 0.324 e. The summed E-state index contributed by atoms with van der Waals surface area (Å²) >= 11 is 11.6. The number of amides is 1. The lowest BCUT2D eigenvalue weighted by molar-refractivity contribution is -0.114. The van der Waals surface area contributed by atoms with E-state index in [-0.39, 0.29) is 16.0 Å². The summed E-state index contributed by atoms with van der Waals surface area (Å²) in [7, 11) is 0. The van der Waals surface area contributed by atoms with Crippen molar-refractivity contribution in [3.63, 3.8) is 0 Å². The number of rotatable bonds is 1. The number of nitrogens with zero attached hydrogens (tertiary/aromatic N) is 1. The zero-order valence-corrected chi connectivity index (χ0v) is 8.78. The van der Waals surface area contributed by atoms with Crippen molar-refractivity contribution >= 4 is 34.8 Å². The number of carbonyl (C=O) groups is 1. The van der Waals surface area contributed by atoms with Gasteiger partial charge in [0.1, 0.15) is 0 Å². The van der Waals surface area contributed by atoms with Crippen LogP contribution in [0.4, 0.5) is 5.69 Å². The molecule has 0 aliphatic heterocycles. The van der Waals surface area contributed by atoms with E-state index in [9.17, 15) is 4.79 Å². The first-order chi connectivity index (χ1) is 6.54. The maximum Gasteiger partial charge on any atom is 0.221 e. The van der Waals surface area contributed by atoms with Crippen molar-refractivity contribution in [1.82, 2.24) is 0 Å². The van der Waals surface area contributed by atoms with Gasteiger partial charge < -0.3 is 5.32 Å². The highest BCUT2D eigenvalue weighted by atomic mass is 35.5. The number of halogens is 2. The number of carbonyl (C=O) groups excluding carboxylic acids is 1. The van der Waals surface area contributed by atoms with Crippen molar-refractivity contribution in [3.05, 3.63) is 27.7 Å². The van der Waals surface area contributed by atoms with E-state index in [2.05, 4.69) is 5.32 Å². The number of hydrogen-bond acceptors (Lipinski definition) is 2. The molecule has 1 amide bonds. The molecule has 0 saturated heterocycles. The third-order valence-electron chi connectivity index (χ3n) is 1.47. The predicted octanol–water partition coefficient (Wildman–Crippen LogP) is 2.82. The van der Waals surface area contributed by atoms with Crippen molar-refractivity contribution in [3.8, 4) is 6.07 Å². The van der Waals surface area contributed by atoms with Crippen LogP contribution in [-0.2, 0) is 4.79 Å². The van der Waals surface area contributed by atoms with Gasteiger partial charge in [-0.2, -0.15) is 5.26 Å². The normalized spacial score (nSPS) is 9.29. The van der Waals surface area contributed by atoms with Gasteiger partial charge in [0.25, 0.3) is 0 Å². The second kappa shape index (κ2) is 4.32. The number of hydrogen-bond donors (Lipinski definition) is 1. The summed E-state index contributed by atoms with van der Waals surface area (Å²) in [6.45, 7) is 1.35. The predicted molar refractivity (Wildman–Crippen MR) is 55.5 cm³/mol. The molecular weight excluding hydrogens is 223 g/mol. The Morgan fingerprint density at radius 2 is 1.93 bits per heavy atom. The van der Waals surface area contributed by atoms with Crippen LogP contribution in [0.2, 0.25) is 10.0 Å². The second-order valence-electron chi connectivity index (χ2n) is 2.61. The molecule has 1 aromatic carbocycles. The summed E-state index contributed by atoms with van der Waals surface area (Å²) in [5.74, 6) is -0.265. The first-order valence-electron chi connectivity index (χ1n) is 3.71. The summed E-state index contributed by atoms with van der Waals surface area (Å²) in [5.41, 5.74) is 0.689. The van der Waals surface area contributed by atoms with E-state index in [0.29, 0.717) is 11.3 Å². The standard InChI is InChI=1S/C9H6Cl2N2O/c1-5(14)13-9-7(10)2-6(4-12)3-8(9)11/h2-3H,1H3,(H,13,14). The molecule has 0 fully saturated rings. The van der Waals surface area contributed by atoms with E-state index >= 15 is 0 Å². The lowest BCUT2D eigenvalue weighted by atomic mass is 10.2. The van der Waals surface area contributed by atoms with Crippen LogP contribution < -0.4 is 5.32 Å². The molecule has 72 valence electrons. The molecule has 0 saturated carbocycles. The molecule has 0 radical (unpaired) electrons. The van der Waals surface area contributed by atoms with Crippen molar-refractivity contribution < 1.29 is 4.79 Å². The Balaban J connectivity index is 3.19. The molecule has 1 rings (SSSR count). The minimum absolute atomic E-state index is 0.254. The summed E-state index contributed by atoms with van der Waals surface area (Å²) in [5, 5.41) is 11.6. The lowest BCUT2D eigenvalue weighted by Crippen LogP contribution is -2.06. The van der Waals surface area contributed by atoms with Crippen LogP contribution in [0.1, 0.15) is 12.5 Å². The van der Waals surface area contributed by atoms with E-state index < -0.39 is 0 Å². The van der Waals surface area contributed by atoms with Crippen molar-refractivity contribution in [2.45, 2.75) is 6.92 Å². The summed E-state index contributed by atoms with van der Waals surface area (Å²) in [4.78, 5) is 10.8. The molecule has 0 unspecified atom stereocenters. The van der Waals surface area contributed by atoms with E-state index in [1.54, 1.807) is 0 Å². The molecule has 0 atom stereocenters. The Morgan fingerprint density at radius 1 is 1.43 bits per heavy atom. The average molecular weight is 229 g/mol. The molecular formula is C9H6Cl2N2O. The fraction of sp³-hybridized carbons (Fsp3) is 0.111. The Hall–Kier alpha value is -1.24. The summed E-state index contributed by atoms with van der Waals surface area (Å²) in [6.07, 6.45) is 0. The first-order valence-corrected chi connectivity index (χ1v) is 4.47. The van der Waals surface area contributed by atoms with Crippen LogP contribution in [-0.4, -0.2) is 5.91 Å². The summed E-state index contributed by atoms with van der Waals surface area (Å²) in [6, 6.07) is 4.79. The van der Waals surface area contributed by atoms with Gasteiger partial charge in [0.2, 0.25) is 5.91 Å². The molecule has 14 heavy (non-hydrogen) atoms. The lowest BCUT2D eigenvalue weighted by Gasteiger charge is -2.07. The third-order valence-corrected chi connectivity index (χ3v) is 2.07. The van der Waals surface area contributed by atoms with Crippen molar-refractivity contribution in [2.24, 2.45) is 0 Å². The monoisotopic (exact) mass is 228 g/mol. The fourth-order valence-corrected chi connectivity index (χ4v) is 1.51. The Labute approximate surface area is 91.2 Å². The van der Waals surface area contributed by atoms with Crippen LogP contribution in [0.3, 0.4) is 0 Å². The minimum Gasteiger partial charge on any atom is -0.324 e. The first kappa shape index (κ1) is 10.8.